The predicted octanol–water partition coefficient (Wildman–Crippen LogP) is 3.87. The number of hydrogen-bond acceptors (Lipinski definition) is 2. The van der Waals surface area contributed by atoms with Gasteiger partial charge in [0.15, 0.2) is 0 Å². The van der Waals surface area contributed by atoms with Gasteiger partial charge in [-0.25, -0.2) is 0 Å². The van der Waals surface area contributed by atoms with E-state index < -0.39 is 0 Å². The third-order valence-electron chi connectivity index (χ3n) is 3.97. The fraction of sp³-hybridized carbons (Fsp3) is 0.471. The van der Waals surface area contributed by atoms with Gasteiger partial charge in [0.1, 0.15) is 0 Å². The van der Waals surface area contributed by atoms with E-state index in [0.717, 1.165) is 30.0 Å². The van der Waals surface area contributed by atoms with Crippen LogP contribution in [0.1, 0.15) is 37.6 Å². The topological polar surface area (TPSA) is 43.8 Å². The van der Waals surface area contributed by atoms with Gasteiger partial charge >= 0.3 is 0 Å². The highest BCUT2D eigenvalue weighted by molar-refractivity contribution is 6.30. The molecule has 0 bridgehead atoms. The first-order valence-corrected chi connectivity index (χ1v) is 7.98. The molecule has 1 aromatic carbocycles. The molecule has 0 spiro atoms. The van der Waals surface area contributed by atoms with Crippen molar-refractivity contribution in [1.29, 1.82) is 0 Å². The van der Waals surface area contributed by atoms with Crippen LogP contribution >= 0.6 is 11.6 Å². The third kappa shape index (κ3) is 4.58. The standard InChI is InChI=1S/C17H24ClN3/c1-3-13(2)21-9-8-17(20-21)11-15(12-19)10-14-4-6-16(18)7-5-14/h4-9,13,15H,3,10-12,19H2,1-2H3. The van der Waals surface area contributed by atoms with Gasteiger partial charge in [0, 0.05) is 17.3 Å². The van der Waals surface area contributed by atoms with E-state index in [-0.39, 0.29) is 0 Å². The Morgan fingerprint density at radius 3 is 2.52 bits per heavy atom. The highest BCUT2D eigenvalue weighted by Gasteiger charge is 2.12. The van der Waals surface area contributed by atoms with E-state index in [1.54, 1.807) is 0 Å². The fourth-order valence-electron chi connectivity index (χ4n) is 2.41. The molecule has 114 valence electrons. The van der Waals surface area contributed by atoms with Crippen molar-refractivity contribution in [3.8, 4) is 0 Å². The molecule has 0 aliphatic heterocycles. The maximum Gasteiger partial charge on any atom is 0.0628 e. The number of hydrogen-bond donors (Lipinski definition) is 1. The van der Waals surface area contributed by atoms with Gasteiger partial charge in [-0.05, 0) is 62.4 Å². The van der Waals surface area contributed by atoms with E-state index in [1.165, 1.54) is 5.56 Å². The number of nitrogens with two attached hydrogens (primary N) is 1. The Kier molecular flexibility index (Phi) is 5.83. The molecule has 1 aromatic heterocycles. The summed E-state index contributed by atoms with van der Waals surface area (Å²) in [6, 6.07) is 10.6. The molecule has 2 aromatic rings. The van der Waals surface area contributed by atoms with E-state index in [9.17, 15) is 0 Å². The highest BCUT2D eigenvalue weighted by atomic mass is 35.5. The lowest BCUT2D eigenvalue weighted by atomic mass is 9.95. The highest BCUT2D eigenvalue weighted by Crippen LogP contribution is 2.17. The van der Waals surface area contributed by atoms with Crippen LogP contribution in [0.2, 0.25) is 5.02 Å². The first-order chi connectivity index (χ1) is 10.1. The molecule has 0 aliphatic carbocycles. The van der Waals surface area contributed by atoms with Gasteiger partial charge in [0.25, 0.3) is 0 Å². The fourth-order valence-corrected chi connectivity index (χ4v) is 2.53. The van der Waals surface area contributed by atoms with Crippen LogP contribution in [0.4, 0.5) is 0 Å². The Balaban J connectivity index is 1.98. The molecule has 0 radical (unpaired) electrons. The molecule has 2 unspecified atom stereocenters. The van der Waals surface area contributed by atoms with Crippen LogP contribution in [-0.2, 0) is 12.8 Å². The van der Waals surface area contributed by atoms with E-state index in [2.05, 4.69) is 43.3 Å². The number of benzene rings is 1. The Morgan fingerprint density at radius 2 is 1.90 bits per heavy atom. The third-order valence-corrected chi connectivity index (χ3v) is 4.23. The van der Waals surface area contributed by atoms with Crippen LogP contribution < -0.4 is 5.73 Å². The second-order valence-electron chi connectivity index (χ2n) is 5.68. The normalized spacial score (nSPS) is 14.1. The van der Waals surface area contributed by atoms with E-state index in [0.29, 0.717) is 18.5 Å². The lowest BCUT2D eigenvalue weighted by molar-refractivity contribution is 0.463. The summed E-state index contributed by atoms with van der Waals surface area (Å²) in [6.07, 6.45) is 5.04. The summed E-state index contributed by atoms with van der Waals surface area (Å²) in [7, 11) is 0. The summed E-state index contributed by atoms with van der Waals surface area (Å²) >= 11 is 5.92. The smallest absolute Gasteiger partial charge is 0.0628 e. The zero-order chi connectivity index (χ0) is 15.2. The van der Waals surface area contributed by atoms with Crippen LogP contribution in [0.25, 0.3) is 0 Å². The minimum absolute atomic E-state index is 0.409. The van der Waals surface area contributed by atoms with Gasteiger partial charge in [-0.3, -0.25) is 4.68 Å². The SMILES string of the molecule is CCC(C)n1ccc(CC(CN)Cc2ccc(Cl)cc2)n1. The van der Waals surface area contributed by atoms with Crippen LogP contribution in [0.15, 0.2) is 36.5 Å². The first-order valence-electron chi connectivity index (χ1n) is 7.61. The molecule has 0 saturated carbocycles. The number of aromatic nitrogens is 2. The Morgan fingerprint density at radius 1 is 1.19 bits per heavy atom. The van der Waals surface area contributed by atoms with Gasteiger partial charge in [0.05, 0.1) is 5.69 Å². The predicted molar refractivity (Wildman–Crippen MR) is 88.6 cm³/mol. The van der Waals surface area contributed by atoms with Gasteiger partial charge in [-0.2, -0.15) is 5.10 Å². The molecular formula is C17H24ClN3. The maximum absolute atomic E-state index is 5.93. The second-order valence-corrected chi connectivity index (χ2v) is 6.12. The van der Waals surface area contributed by atoms with Crippen molar-refractivity contribution in [3.63, 3.8) is 0 Å². The molecular weight excluding hydrogens is 282 g/mol. The van der Waals surface area contributed by atoms with Gasteiger partial charge < -0.3 is 5.73 Å². The van der Waals surface area contributed by atoms with Gasteiger partial charge in [0.2, 0.25) is 0 Å². The van der Waals surface area contributed by atoms with Crippen LogP contribution in [0, 0.1) is 5.92 Å². The molecule has 3 nitrogen and oxygen atoms in total. The molecule has 2 rings (SSSR count). The van der Waals surface area contributed by atoms with Crippen molar-refractivity contribution in [3.05, 3.63) is 52.8 Å². The quantitative estimate of drug-likeness (QED) is 0.844. The summed E-state index contributed by atoms with van der Waals surface area (Å²) < 4.78 is 2.05. The van der Waals surface area contributed by atoms with E-state index in [1.807, 2.05) is 16.8 Å². The number of halogens is 1. The monoisotopic (exact) mass is 305 g/mol. The molecule has 0 amide bonds. The summed E-state index contributed by atoms with van der Waals surface area (Å²) in [5, 5.41) is 5.44. The maximum atomic E-state index is 5.93. The molecule has 0 fully saturated rings. The number of nitrogens with zero attached hydrogens (tertiary/aromatic N) is 2. The zero-order valence-electron chi connectivity index (χ0n) is 12.8. The first kappa shape index (κ1) is 16.1. The van der Waals surface area contributed by atoms with E-state index in [4.69, 9.17) is 17.3 Å². The molecule has 4 heteroatoms. The van der Waals surface area contributed by atoms with E-state index >= 15 is 0 Å². The summed E-state index contributed by atoms with van der Waals surface area (Å²) in [6.45, 7) is 5.03. The molecule has 0 aliphatic rings. The van der Waals surface area contributed by atoms with Crippen molar-refractivity contribution in [2.75, 3.05) is 6.54 Å². The summed E-state index contributed by atoms with van der Waals surface area (Å²) in [5.74, 6) is 0.409. The Bertz CT molecular complexity index is 547. The van der Waals surface area contributed by atoms with Gasteiger partial charge in [-0.15, -0.1) is 0 Å². The van der Waals surface area contributed by atoms with Crippen molar-refractivity contribution in [2.45, 2.75) is 39.2 Å². The van der Waals surface area contributed by atoms with Crippen LogP contribution in [-0.4, -0.2) is 16.3 Å². The van der Waals surface area contributed by atoms with Crippen molar-refractivity contribution < 1.29 is 0 Å². The molecule has 0 saturated heterocycles. The van der Waals surface area contributed by atoms with Gasteiger partial charge in [-0.1, -0.05) is 30.7 Å². The second kappa shape index (κ2) is 7.62. The minimum atomic E-state index is 0.409. The summed E-state index contributed by atoms with van der Waals surface area (Å²) in [5.41, 5.74) is 8.33. The largest absolute Gasteiger partial charge is 0.330 e. The average molecular weight is 306 g/mol. The molecule has 21 heavy (non-hydrogen) atoms. The van der Waals surface area contributed by atoms with Crippen molar-refractivity contribution >= 4 is 11.6 Å². The van der Waals surface area contributed by atoms with Crippen molar-refractivity contribution in [2.24, 2.45) is 11.7 Å². The van der Waals surface area contributed by atoms with Crippen LogP contribution in [0.5, 0.6) is 0 Å². The Labute approximate surface area is 132 Å². The zero-order valence-corrected chi connectivity index (χ0v) is 13.6. The molecule has 2 atom stereocenters. The summed E-state index contributed by atoms with van der Waals surface area (Å²) in [4.78, 5) is 0. The Hall–Kier alpha value is -1.32. The molecule has 1 heterocycles. The lowest BCUT2D eigenvalue weighted by Crippen LogP contribution is -2.20. The minimum Gasteiger partial charge on any atom is -0.330 e. The molecule has 2 N–H and O–H groups in total. The number of rotatable bonds is 7. The van der Waals surface area contributed by atoms with Crippen molar-refractivity contribution in [1.82, 2.24) is 9.78 Å². The average Bonchev–Trinajstić information content (AvgIpc) is 2.96. The van der Waals surface area contributed by atoms with Crippen LogP contribution in [0.3, 0.4) is 0 Å². The lowest BCUT2D eigenvalue weighted by Gasteiger charge is -2.14.